The van der Waals surface area contributed by atoms with Gasteiger partial charge in [0, 0.05) is 12.3 Å². The average Bonchev–Trinajstić information content (AvgIpc) is 2.68. The minimum Gasteiger partial charge on any atom is -0.360 e. The molecule has 0 bridgehead atoms. The van der Waals surface area contributed by atoms with Gasteiger partial charge < -0.3 is 4.98 Å². The number of alkyl halides is 3. The van der Waals surface area contributed by atoms with Gasteiger partial charge in [-0.25, -0.2) is 9.97 Å². The zero-order valence-electron chi connectivity index (χ0n) is 7.72. The van der Waals surface area contributed by atoms with Crippen molar-refractivity contribution in [1.29, 1.82) is 0 Å². The molecule has 84 valence electrons. The molecule has 2 aromatic heterocycles. The molecular formula is C9H5ClF3N3. The molecule has 7 heteroatoms. The zero-order chi connectivity index (χ0) is 11.8. The zero-order valence-corrected chi connectivity index (χ0v) is 8.47. The number of nitrogens with one attached hydrogen (secondary N) is 1. The van der Waals surface area contributed by atoms with E-state index in [9.17, 15) is 13.2 Å². The van der Waals surface area contributed by atoms with Gasteiger partial charge in [-0.1, -0.05) is 11.6 Å². The molecule has 16 heavy (non-hydrogen) atoms. The van der Waals surface area contributed by atoms with Crippen molar-refractivity contribution in [2.75, 3.05) is 0 Å². The first kappa shape index (κ1) is 10.9. The molecule has 0 spiro atoms. The highest BCUT2D eigenvalue weighted by atomic mass is 35.5. The Labute approximate surface area is 93.3 Å². The molecule has 0 atom stereocenters. The van der Waals surface area contributed by atoms with Gasteiger partial charge in [-0.15, -0.1) is 0 Å². The summed E-state index contributed by atoms with van der Waals surface area (Å²) in [6, 6.07) is 4.51. The van der Waals surface area contributed by atoms with Gasteiger partial charge in [-0.05, 0) is 12.1 Å². The molecule has 0 aromatic carbocycles. The molecule has 0 aliphatic rings. The molecule has 2 aromatic rings. The summed E-state index contributed by atoms with van der Waals surface area (Å²) >= 11 is 5.51. The molecule has 0 amide bonds. The van der Waals surface area contributed by atoms with Crippen molar-refractivity contribution in [3.63, 3.8) is 0 Å². The topological polar surface area (TPSA) is 41.6 Å². The van der Waals surface area contributed by atoms with Crippen molar-refractivity contribution in [3.05, 3.63) is 35.4 Å². The van der Waals surface area contributed by atoms with Crippen molar-refractivity contribution in [1.82, 2.24) is 15.0 Å². The average molecular weight is 248 g/mol. The Hall–Kier alpha value is -1.56. The number of nitrogens with zero attached hydrogens (tertiary/aromatic N) is 2. The first-order valence-electron chi connectivity index (χ1n) is 4.22. The Kier molecular flexibility index (Phi) is 2.59. The summed E-state index contributed by atoms with van der Waals surface area (Å²) in [5.74, 6) is -1.25. The number of hydrogen-bond acceptors (Lipinski definition) is 2. The van der Waals surface area contributed by atoms with Crippen LogP contribution in [-0.4, -0.2) is 15.0 Å². The lowest BCUT2D eigenvalue weighted by molar-refractivity contribution is -0.144. The monoisotopic (exact) mass is 247 g/mol. The SMILES string of the molecule is FC(F)(F)c1nc(Cl)cc(-c2ccc[nH]2)n1. The van der Waals surface area contributed by atoms with Gasteiger partial charge in [0.05, 0.1) is 11.4 Å². The summed E-state index contributed by atoms with van der Waals surface area (Å²) in [6.45, 7) is 0. The maximum atomic E-state index is 12.4. The third-order valence-electron chi connectivity index (χ3n) is 1.82. The Balaban J connectivity index is 2.53. The van der Waals surface area contributed by atoms with E-state index in [0.717, 1.165) is 0 Å². The van der Waals surface area contributed by atoms with Crippen LogP contribution in [0.1, 0.15) is 5.82 Å². The molecule has 0 fully saturated rings. The molecule has 2 rings (SSSR count). The Bertz CT molecular complexity index is 493. The molecule has 3 nitrogen and oxygen atoms in total. The molecule has 1 N–H and O–H groups in total. The number of halogens is 4. The number of rotatable bonds is 1. The first-order valence-corrected chi connectivity index (χ1v) is 4.60. The van der Waals surface area contributed by atoms with E-state index in [1.54, 1.807) is 18.3 Å². The van der Waals surface area contributed by atoms with E-state index in [0.29, 0.717) is 5.69 Å². The summed E-state index contributed by atoms with van der Waals surface area (Å²) < 4.78 is 37.2. The van der Waals surface area contributed by atoms with Crippen LogP contribution in [0.2, 0.25) is 5.15 Å². The van der Waals surface area contributed by atoms with E-state index in [2.05, 4.69) is 15.0 Å². The van der Waals surface area contributed by atoms with Crippen LogP contribution in [0.5, 0.6) is 0 Å². The minimum absolute atomic E-state index is 0.109. The maximum absolute atomic E-state index is 12.4. The Morgan fingerprint density at radius 2 is 2.00 bits per heavy atom. The molecular weight excluding hydrogens is 243 g/mol. The molecule has 2 heterocycles. The fourth-order valence-electron chi connectivity index (χ4n) is 1.17. The van der Waals surface area contributed by atoms with E-state index in [1.807, 2.05) is 0 Å². The van der Waals surface area contributed by atoms with Crippen molar-refractivity contribution in [2.45, 2.75) is 6.18 Å². The van der Waals surface area contributed by atoms with Gasteiger partial charge in [0.2, 0.25) is 5.82 Å². The van der Waals surface area contributed by atoms with E-state index in [4.69, 9.17) is 11.6 Å². The summed E-state index contributed by atoms with van der Waals surface area (Å²) in [7, 11) is 0. The fraction of sp³-hybridized carbons (Fsp3) is 0.111. The molecule has 0 aliphatic carbocycles. The first-order chi connectivity index (χ1) is 7.47. The van der Waals surface area contributed by atoms with Crippen molar-refractivity contribution in [2.24, 2.45) is 0 Å². The Morgan fingerprint density at radius 3 is 2.56 bits per heavy atom. The summed E-state index contributed by atoms with van der Waals surface area (Å²) in [5, 5.41) is -0.244. The van der Waals surface area contributed by atoms with E-state index < -0.39 is 12.0 Å². The largest absolute Gasteiger partial charge is 0.451 e. The number of H-pyrrole nitrogens is 1. The predicted octanol–water partition coefficient (Wildman–Crippen LogP) is 3.14. The normalized spacial score (nSPS) is 11.8. The maximum Gasteiger partial charge on any atom is 0.451 e. The van der Waals surface area contributed by atoms with E-state index in [1.165, 1.54) is 6.07 Å². The smallest absolute Gasteiger partial charge is 0.360 e. The van der Waals surface area contributed by atoms with Crippen LogP contribution in [-0.2, 0) is 6.18 Å². The lowest BCUT2D eigenvalue weighted by Crippen LogP contribution is -2.11. The summed E-state index contributed by atoms with van der Waals surface area (Å²) in [4.78, 5) is 9.27. The third-order valence-corrected chi connectivity index (χ3v) is 2.02. The predicted molar refractivity (Wildman–Crippen MR) is 51.8 cm³/mol. The summed E-state index contributed by atoms with van der Waals surface area (Å²) in [6.07, 6.45) is -3.02. The second-order valence-electron chi connectivity index (χ2n) is 2.98. The van der Waals surface area contributed by atoms with Crippen molar-refractivity contribution in [3.8, 4) is 11.4 Å². The van der Waals surface area contributed by atoms with Gasteiger partial charge in [-0.2, -0.15) is 13.2 Å². The highest BCUT2D eigenvalue weighted by Gasteiger charge is 2.35. The van der Waals surface area contributed by atoms with Crippen LogP contribution in [0.25, 0.3) is 11.4 Å². The van der Waals surface area contributed by atoms with Gasteiger partial charge in [-0.3, -0.25) is 0 Å². The number of hydrogen-bond donors (Lipinski definition) is 1. The minimum atomic E-state index is -4.60. The number of aromatic nitrogens is 3. The molecule has 0 aliphatic heterocycles. The van der Waals surface area contributed by atoms with Crippen molar-refractivity contribution >= 4 is 11.6 Å². The number of aromatic amines is 1. The van der Waals surface area contributed by atoms with Gasteiger partial charge in [0.25, 0.3) is 0 Å². The highest BCUT2D eigenvalue weighted by molar-refractivity contribution is 6.29. The van der Waals surface area contributed by atoms with Gasteiger partial charge in [0.1, 0.15) is 5.15 Å². The van der Waals surface area contributed by atoms with Crippen LogP contribution in [0.4, 0.5) is 13.2 Å². The molecule has 0 saturated heterocycles. The van der Waals surface area contributed by atoms with E-state index >= 15 is 0 Å². The lowest BCUT2D eigenvalue weighted by Gasteiger charge is -2.06. The lowest BCUT2D eigenvalue weighted by atomic mass is 10.3. The van der Waals surface area contributed by atoms with Crippen LogP contribution >= 0.6 is 11.6 Å². The van der Waals surface area contributed by atoms with Gasteiger partial charge >= 0.3 is 6.18 Å². The van der Waals surface area contributed by atoms with Crippen LogP contribution in [0, 0.1) is 0 Å². The second kappa shape index (κ2) is 3.79. The standard InChI is InChI=1S/C9H5ClF3N3/c10-7-4-6(5-2-1-3-14-5)15-8(16-7)9(11,12)13/h1-4,14H. The second-order valence-corrected chi connectivity index (χ2v) is 3.37. The van der Waals surface area contributed by atoms with Crippen LogP contribution < -0.4 is 0 Å². The van der Waals surface area contributed by atoms with Crippen molar-refractivity contribution < 1.29 is 13.2 Å². The summed E-state index contributed by atoms with van der Waals surface area (Å²) in [5.41, 5.74) is 0.562. The van der Waals surface area contributed by atoms with Crippen LogP contribution in [0.3, 0.4) is 0 Å². The Morgan fingerprint density at radius 1 is 1.25 bits per heavy atom. The molecule has 0 unspecified atom stereocenters. The van der Waals surface area contributed by atoms with Crippen LogP contribution in [0.15, 0.2) is 24.4 Å². The molecule has 0 saturated carbocycles. The fourth-order valence-corrected chi connectivity index (χ4v) is 1.36. The quantitative estimate of drug-likeness (QED) is 0.787. The highest BCUT2D eigenvalue weighted by Crippen LogP contribution is 2.29. The molecule has 0 radical (unpaired) electrons. The third kappa shape index (κ3) is 2.16. The van der Waals surface area contributed by atoms with E-state index in [-0.39, 0.29) is 10.8 Å². The van der Waals surface area contributed by atoms with Gasteiger partial charge in [0.15, 0.2) is 0 Å².